The second-order valence-corrected chi connectivity index (χ2v) is 5.70. The summed E-state index contributed by atoms with van der Waals surface area (Å²) in [7, 11) is -4.00. The maximum Gasteiger partial charge on any atom is 0.321 e. The minimum Gasteiger partial charge on any atom is -0.480 e. The van der Waals surface area contributed by atoms with Crippen molar-refractivity contribution in [2.24, 2.45) is 0 Å². The Morgan fingerprint density at radius 1 is 1.41 bits per heavy atom. The first-order valence-corrected chi connectivity index (χ1v) is 6.69. The summed E-state index contributed by atoms with van der Waals surface area (Å²) in [5.74, 6) is -1.29. The third kappa shape index (κ3) is 3.32. The standard InChI is InChI=1S/C9H9Cl2NO4S/c1-5(9(13)14)12-17(15,16)7-4-2-3-6(10)8(7)11/h2-5,12H,1H3,(H,13,14)/t5-/m1/s1. The molecule has 0 bridgehead atoms. The van der Waals surface area contributed by atoms with Crippen molar-refractivity contribution in [1.82, 2.24) is 4.72 Å². The zero-order valence-corrected chi connectivity index (χ0v) is 11.0. The van der Waals surface area contributed by atoms with Crippen LogP contribution in [0.15, 0.2) is 23.1 Å². The van der Waals surface area contributed by atoms with E-state index in [2.05, 4.69) is 0 Å². The molecule has 1 rings (SSSR count). The third-order valence-corrected chi connectivity index (χ3v) is 4.42. The van der Waals surface area contributed by atoms with Gasteiger partial charge in [-0.05, 0) is 19.1 Å². The van der Waals surface area contributed by atoms with Gasteiger partial charge in [0.1, 0.15) is 10.9 Å². The Hall–Kier alpha value is -0.820. The van der Waals surface area contributed by atoms with E-state index in [1.54, 1.807) is 0 Å². The zero-order chi connectivity index (χ0) is 13.2. The Bertz CT molecular complexity index is 544. The van der Waals surface area contributed by atoms with E-state index in [0.717, 1.165) is 0 Å². The normalized spacial score (nSPS) is 13.4. The number of nitrogens with one attached hydrogen (secondary N) is 1. The highest BCUT2D eigenvalue weighted by Crippen LogP contribution is 2.28. The van der Waals surface area contributed by atoms with Crippen molar-refractivity contribution in [3.8, 4) is 0 Å². The van der Waals surface area contributed by atoms with Crippen molar-refractivity contribution < 1.29 is 18.3 Å². The second kappa shape index (κ2) is 5.22. The van der Waals surface area contributed by atoms with Gasteiger partial charge in [0.2, 0.25) is 10.0 Å². The first-order valence-electron chi connectivity index (χ1n) is 4.45. The highest BCUT2D eigenvalue weighted by atomic mass is 35.5. The smallest absolute Gasteiger partial charge is 0.321 e. The quantitative estimate of drug-likeness (QED) is 0.887. The van der Waals surface area contributed by atoms with Crippen LogP contribution < -0.4 is 4.72 Å². The molecule has 1 aromatic carbocycles. The van der Waals surface area contributed by atoms with Gasteiger partial charge in [0.05, 0.1) is 10.0 Å². The predicted octanol–water partition coefficient (Wildman–Crippen LogP) is 1.74. The Morgan fingerprint density at radius 2 is 2.00 bits per heavy atom. The molecule has 94 valence electrons. The van der Waals surface area contributed by atoms with Crippen LogP contribution in [0.3, 0.4) is 0 Å². The van der Waals surface area contributed by atoms with E-state index < -0.39 is 22.0 Å². The fourth-order valence-electron chi connectivity index (χ4n) is 1.04. The number of rotatable bonds is 4. The highest BCUT2D eigenvalue weighted by molar-refractivity contribution is 7.89. The van der Waals surface area contributed by atoms with Gasteiger partial charge in [-0.1, -0.05) is 29.3 Å². The molecule has 1 aromatic rings. The molecule has 5 nitrogen and oxygen atoms in total. The van der Waals surface area contributed by atoms with E-state index in [9.17, 15) is 13.2 Å². The van der Waals surface area contributed by atoms with Crippen LogP contribution in [0.4, 0.5) is 0 Å². The van der Waals surface area contributed by atoms with Gasteiger partial charge in [0.15, 0.2) is 0 Å². The SMILES string of the molecule is C[C@@H](NS(=O)(=O)c1cccc(Cl)c1Cl)C(=O)O. The lowest BCUT2D eigenvalue weighted by Crippen LogP contribution is -2.38. The summed E-state index contributed by atoms with van der Waals surface area (Å²) in [6.45, 7) is 1.21. The molecule has 0 amide bonds. The number of benzene rings is 1. The molecular formula is C9H9Cl2NO4S. The van der Waals surface area contributed by atoms with Crippen LogP contribution in [0.2, 0.25) is 10.0 Å². The van der Waals surface area contributed by atoms with Gasteiger partial charge < -0.3 is 5.11 Å². The van der Waals surface area contributed by atoms with E-state index in [0.29, 0.717) is 0 Å². The maximum atomic E-state index is 11.8. The first kappa shape index (κ1) is 14.2. The van der Waals surface area contributed by atoms with Gasteiger partial charge >= 0.3 is 5.97 Å². The molecule has 0 fully saturated rings. The minimum absolute atomic E-state index is 0.0810. The maximum absolute atomic E-state index is 11.8. The lowest BCUT2D eigenvalue weighted by molar-refractivity contribution is -0.138. The van der Waals surface area contributed by atoms with Crippen LogP contribution in [-0.2, 0) is 14.8 Å². The number of halogens is 2. The zero-order valence-electron chi connectivity index (χ0n) is 8.65. The Morgan fingerprint density at radius 3 is 2.53 bits per heavy atom. The number of hydrogen-bond donors (Lipinski definition) is 2. The average Bonchev–Trinajstić information content (AvgIpc) is 2.21. The van der Waals surface area contributed by atoms with Crippen LogP contribution in [0.1, 0.15) is 6.92 Å². The number of carboxylic acid groups (broad SMARTS) is 1. The minimum atomic E-state index is -4.00. The van der Waals surface area contributed by atoms with Crippen molar-refractivity contribution in [3.63, 3.8) is 0 Å². The van der Waals surface area contributed by atoms with Crippen LogP contribution in [0.25, 0.3) is 0 Å². The second-order valence-electron chi connectivity index (χ2n) is 3.23. The molecule has 0 saturated heterocycles. The number of carbonyl (C=O) groups is 1. The molecule has 1 atom stereocenters. The molecule has 0 aliphatic carbocycles. The van der Waals surface area contributed by atoms with E-state index in [-0.39, 0.29) is 14.9 Å². The highest BCUT2D eigenvalue weighted by Gasteiger charge is 2.24. The molecule has 0 spiro atoms. The molecule has 0 aromatic heterocycles. The van der Waals surface area contributed by atoms with E-state index in [4.69, 9.17) is 28.3 Å². The molecule has 8 heteroatoms. The summed E-state index contributed by atoms with van der Waals surface area (Å²) in [4.78, 5) is 10.3. The topological polar surface area (TPSA) is 83.5 Å². The molecule has 0 aliphatic rings. The van der Waals surface area contributed by atoms with Crippen molar-refractivity contribution >= 4 is 39.2 Å². The Kier molecular flexibility index (Phi) is 4.37. The van der Waals surface area contributed by atoms with Crippen molar-refractivity contribution in [1.29, 1.82) is 0 Å². The average molecular weight is 298 g/mol. The molecule has 0 heterocycles. The Labute approximate surface area is 108 Å². The van der Waals surface area contributed by atoms with Gasteiger partial charge in [-0.3, -0.25) is 4.79 Å². The summed E-state index contributed by atoms with van der Waals surface area (Å²) in [5.41, 5.74) is 0. The molecule has 0 aliphatic heterocycles. The fraction of sp³-hybridized carbons (Fsp3) is 0.222. The first-order chi connectivity index (χ1) is 7.75. The van der Waals surface area contributed by atoms with Crippen molar-refractivity contribution in [2.45, 2.75) is 17.9 Å². The van der Waals surface area contributed by atoms with E-state index in [1.807, 2.05) is 4.72 Å². The molecule has 0 unspecified atom stereocenters. The lowest BCUT2D eigenvalue weighted by atomic mass is 10.4. The van der Waals surface area contributed by atoms with Crippen molar-refractivity contribution in [3.05, 3.63) is 28.2 Å². The number of hydrogen-bond acceptors (Lipinski definition) is 3. The lowest BCUT2D eigenvalue weighted by Gasteiger charge is -2.11. The Balaban J connectivity index is 3.14. The molecule has 17 heavy (non-hydrogen) atoms. The van der Waals surface area contributed by atoms with E-state index in [1.165, 1.54) is 25.1 Å². The monoisotopic (exact) mass is 297 g/mol. The van der Waals surface area contributed by atoms with Crippen LogP contribution >= 0.6 is 23.2 Å². The van der Waals surface area contributed by atoms with Crippen molar-refractivity contribution in [2.75, 3.05) is 0 Å². The number of aliphatic carboxylic acids is 1. The van der Waals surface area contributed by atoms with Gasteiger partial charge in [0.25, 0.3) is 0 Å². The van der Waals surface area contributed by atoms with Gasteiger partial charge in [-0.25, -0.2) is 8.42 Å². The third-order valence-electron chi connectivity index (χ3n) is 1.91. The number of sulfonamides is 1. The van der Waals surface area contributed by atoms with Crippen LogP contribution in [-0.4, -0.2) is 25.5 Å². The largest absolute Gasteiger partial charge is 0.480 e. The van der Waals surface area contributed by atoms with Gasteiger partial charge in [-0.15, -0.1) is 0 Å². The summed E-state index contributed by atoms with van der Waals surface area (Å²) in [6, 6.07) is 2.83. The van der Waals surface area contributed by atoms with Crippen LogP contribution in [0.5, 0.6) is 0 Å². The molecule has 0 saturated carbocycles. The van der Waals surface area contributed by atoms with Gasteiger partial charge in [0, 0.05) is 0 Å². The summed E-state index contributed by atoms with van der Waals surface area (Å²) >= 11 is 11.4. The molecule has 0 radical (unpaired) electrons. The van der Waals surface area contributed by atoms with E-state index >= 15 is 0 Å². The number of carboxylic acids is 1. The summed E-state index contributed by atoms with van der Waals surface area (Å²) in [6.07, 6.45) is 0. The summed E-state index contributed by atoms with van der Waals surface area (Å²) < 4.78 is 25.6. The molecular weight excluding hydrogens is 289 g/mol. The van der Waals surface area contributed by atoms with Gasteiger partial charge in [-0.2, -0.15) is 4.72 Å². The summed E-state index contributed by atoms with van der Waals surface area (Å²) in [5, 5.41) is 8.57. The fourth-order valence-corrected chi connectivity index (χ4v) is 3.00. The van der Waals surface area contributed by atoms with Crippen LogP contribution in [0, 0.1) is 0 Å². The predicted molar refractivity (Wildman–Crippen MR) is 63.9 cm³/mol. The molecule has 2 N–H and O–H groups in total.